The maximum absolute atomic E-state index is 11.6. The molecule has 0 spiro atoms. The van der Waals surface area contributed by atoms with Gasteiger partial charge in [0.05, 0.1) is 13.2 Å². The van der Waals surface area contributed by atoms with Gasteiger partial charge in [0.2, 0.25) is 0 Å². The second-order valence-electron chi connectivity index (χ2n) is 3.15. The van der Waals surface area contributed by atoms with Gasteiger partial charge in [0, 0.05) is 13.1 Å². The Hall–Kier alpha value is -1.19. The van der Waals surface area contributed by atoms with Crippen LogP contribution in [0.4, 0.5) is 0 Å². The zero-order chi connectivity index (χ0) is 12.2. The minimum absolute atomic E-state index is 0.0732. The number of nitrogens with two attached hydrogens (primary N) is 1. The van der Waals surface area contributed by atoms with E-state index in [0.717, 1.165) is 0 Å². The zero-order valence-corrected chi connectivity index (χ0v) is 9.57. The Labute approximate surface area is 93.2 Å². The molecular weight excluding hydrogens is 238 g/mol. The summed E-state index contributed by atoms with van der Waals surface area (Å²) >= 11 is 0. The van der Waals surface area contributed by atoms with Gasteiger partial charge in [-0.15, -0.1) is 0 Å². The van der Waals surface area contributed by atoms with Gasteiger partial charge in [0.25, 0.3) is 5.91 Å². The van der Waals surface area contributed by atoms with Crippen molar-refractivity contribution in [2.75, 3.05) is 26.3 Å². The second-order valence-corrected chi connectivity index (χ2v) is 4.28. The number of amides is 1. The van der Waals surface area contributed by atoms with Gasteiger partial charge in [-0.1, -0.05) is 5.16 Å². The summed E-state index contributed by atoms with van der Waals surface area (Å²) in [5.74, 6) is -0.396. The van der Waals surface area contributed by atoms with Gasteiger partial charge < -0.3 is 9.64 Å². The topological polar surface area (TPSA) is 111 Å². The van der Waals surface area contributed by atoms with Gasteiger partial charge in [-0.05, 0) is 6.92 Å². The summed E-state index contributed by atoms with van der Waals surface area (Å²) in [5, 5.41) is 7.70. The highest BCUT2D eigenvalue weighted by molar-refractivity contribution is 7.84. The third kappa shape index (κ3) is 4.13. The molecule has 9 heteroatoms. The van der Waals surface area contributed by atoms with Crippen LogP contribution in [0.2, 0.25) is 0 Å². The Balaban J connectivity index is 2.58. The molecule has 1 fully saturated rings. The molecule has 1 heterocycles. The van der Waals surface area contributed by atoms with E-state index in [4.69, 9.17) is 4.74 Å². The van der Waals surface area contributed by atoms with Crippen LogP contribution in [0.25, 0.3) is 0 Å². The molecule has 2 N–H and O–H groups in total. The van der Waals surface area contributed by atoms with E-state index in [0.29, 0.717) is 26.3 Å². The van der Waals surface area contributed by atoms with Crippen LogP contribution in [-0.4, -0.2) is 51.2 Å². The summed E-state index contributed by atoms with van der Waals surface area (Å²) in [6.07, 6.45) is 0. The Morgan fingerprint density at radius 2 is 2.00 bits per heavy atom. The number of carbonyl (C=O) groups excluding carboxylic acids is 1. The minimum Gasteiger partial charge on any atom is -0.378 e. The van der Waals surface area contributed by atoms with Crippen molar-refractivity contribution in [3.8, 4) is 0 Å². The predicted molar refractivity (Wildman–Crippen MR) is 54.7 cm³/mol. The van der Waals surface area contributed by atoms with Crippen LogP contribution in [0.5, 0.6) is 0 Å². The largest absolute Gasteiger partial charge is 0.399 e. The van der Waals surface area contributed by atoms with E-state index in [1.807, 2.05) is 0 Å². The summed E-state index contributed by atoms with van der Waals surface area (Å²) < 4.78 is 29.9. The van der Waals surface area contributed by atoms with E-state index in [2.05, 4.69) is 14.6 Å². The van der Waals surface area contributed by atoms with E-state index < -0.39 is 16.2 Å². The molecule has 0 radical (unpaired) electrons. The molecule has 8 nitrogen and oxygen atoms in total. The molecule has 0 unspecified atom stereocenters. The summed E-state index contributed by atoms with van der Waals surface area (Å²) in [7, 11) is -4.17. The van der Waals surface area contributed by atoms with Crippen LogP contribution in [0, 0.1) is 0 Å². The normalized spacial score (nSPS) is 18.4. The highest BCUT2D eigenvalue weighted by Gasteiger charge is 2.20. The molecule has 92 valence electrons. The van der Waals surface area contributed by atoms with E-state index >= 15 is 0 Å². The Bertz CT molecular complexity index is 385. The number of rotatable bonds is 3. The SMILES string of the molecule is CC(=NOS(N)(=O)=O)C(=O)N1CCOCC1. The number of oxime groups is 1. The zero-order valence-electron chi connectivity index (χ0n) is 8.75. The van der Waals surface area contributed by atoms with E-state index in [1.54, 1.807) is 0 Å². The summed E-state index contributed by atoms with van der Waals surface area (Å²) in [6, 6.07) is 0. The Morgan fingerprint density at radius 1 is 1.44 bits per heavy atom. The maximum Gasteiger partial charge on any atom is 0.399 e. The van der Waals surface area contributed by atoms with E-state index in [9.17, 15) is 13.2 Å². The lowest BCUT2D eigenvalue weighted by Crippen LogP contribution is -2.43. The lowest BCUT2D eigenvalue weighted by atomic mass is 10.3. The van der Waals surface area contributed by atoms with Crippen molar-refractivity contribution in [2.45, 2.75) is 6.92 Å². The highest BCUT2D eigenvalue weighted by Crippen LogP contribution is 1.99. The van der Waals surface area contributed by atoms with Gasteiger partial charge in [-0.2, -0.15) is 13.6 Å². The molecule has 1 aliphatic rings. The van der Waals surface area contributed by atoms with Crippen molar-refractivity contribution in [1.29, 1.82) is 0 Å². The van der Waals surface area contributed by atoms with Crippen molar-refractivity contribution in [1.82, 2.24) is 4.90 Å². The third-order valence-electron chi connectivity index (χ3n) is 1.89. The van der Waals surface area contributed by atoms with Crippen LogP contribution in [0.1, 0.15) is 6.92 Å². The third-order valence-corrected chi connectivity index (χ3v) is 2.17. The average Bonchev–Trinajstić information content (AvgIpc) is 2.25. The van der Waals surface area contributed by atoms with Crippen molar-refractivity contribution in [2.24, 2.45) is 10.3 Å². The molecule has 0 saturated carbocycles. The summed E-state index contributed by atoms with van der Waals surface area (Å²) in [6.45, 7) is 3.15. The number of morpholine rings is 1. The fraction of sp³-hybridized carbons (Fsp3) is 0.714. The molecule has 0 aromatic heterocycles. The monoisotopic (exact) mass is 251 g/mol. The van der Waals surface area contributed by atoms with Gasteiger partial charge in [0.1, 0.15) is 5.71 Å². The molecule has 0 aromatic rings. The van der Waals surface area contributed by atoms with Crippen molar-refractivity contribution in [3.05, 3.63) is 0 Å². The lowest BCUT2D eigenvalue weighted by Gasteiger charge is -2.26. The second kappa shape index (κ2) is 5.23. The molecule has 0 aromatic carbocycles. The van der Waals surface area contributed by atoms with Crippen LogP contribution in [0.3, 0.4) is 0 Å². The fourth-order valence-corrected chi connectivity index (χ4v) is 1.36. The predicted octanol–water partition coefficient (Wildman–Crippen LogP) is -1.56. The van der Waals surface area contributed by atoms with Crippen molar-refractivity contribution in [3.63, 3.8) is 0 Å². The Morgan fingerprint density at radius 3 is 2.50 bits per heavy atom. The van der Waals surface area contributed by atoms with E-state index in [-0.39, 0.29) is 5.71 Å². The minimum atomic E-state index is -4.17. The Kier molecular flexibility index (Phi) is 4.21. The van der Waals surface area contributed by atoms with Crippen LogP contribution < -0.4 is 5.14 Å². The average molecular weight is 251 g/mol. The smallest absolute Gasteiger partial charge is 0.378 e. The van der Waals surface area contributed by atoms with Crippen molar-refractivity contribution < 1.29 is 22.2 Å². The summed E-state index contributed by atoms with van der Waals surface area (Å²) in [4.78, 5) is 13.1. The quantitative estimate of drug-likeness (QED) is 0.481. The molecular formula is C7H13N3O5S. The van der Waals surface area contributed by atoms with Crippen LogP contribution >= 0.6 is 0 Å². The number of nitrogens with zero attached hydrogens (tertiary/aromatic N) is 2. The van der Waals surface area contributed by atoms with Gasteiger partial charge >= 0.3 is 10.3 Å². The number of ether oxygens (including phenoxy) is 1. The lowest BCUT2D eigenvalue weighted by molar-refractivity contribution is -0.128. The van der Waals surface area contributed by atoms with Gasteiger partial charge in [-0.25, -0.2) is 0 Å². The number of hydrogen-bond donors (Lipinski definition) is 1. The molecule has 1 amide bonds. The standard InChI is InChI=1S/C7H13N3O5S/c1-6(9-15-16(8,12)13)7(11)10-2-4-14-5-3-10/h2-5H2,1H3,(H2,8,12,13). The molecule has 0 atom stereocenters. The maximum atomic E-state index is 11.6. The van der Waals surface area contributed by atoms with E-state index in [1.165, 1.54) is 11.8 Å². The van der Waals surface area contributed by atoms with Crippen LogP contribution in [-0.2, 0) is 24.1 Å². The first-order valence-corrected chi connectivity index (χ1v) is 6.00. The van der Waals surface area contributed by atoms with Gasteiger partial charge in [0.15, 0.2) is 0 Å². The highest BCUT2D eigenvalue weighted by atomic mass is 32.2. The fourth-order valence-electron chi connectivity index (χ4n) is 1.14. The first-order chi connectivity index (χ1) is 7.40. The molecule has 1 rings (SSSR count). The first kappa shape index (κ1) is 12.9. The van der Waals surface area contributed by atoms with Crippen LogP contribution in [0.15, 0.2) is 5.16 Å². The number of hydrogen-bond acceptors (Lipinski definition) is 6. The molecule has 1 aliphatic heterocycles. The molecule has 0 aliphatic carbocycles. The van der Waals surface area contributed by atoms with Crippen molar-refractivity contribution >= 4 is 21.9 Å². The molecule has 0 bridgehead atoms. The molecule has 1 saturated heterocycles. The summed E-state index contributed by atoms with van der Waals surface area (Å²) in [5.41, 5.74) is -0.0732. The van der Waals surface area contributed by atoms with Gasteiger partial charge in [-0.3, -0.25) is 9.08 Å². The molecule has 16 heavy (non-hydrogen) atoms. The first-order valence-electron chi connectivity index (χ1n) is 4.53. The number of carbonyl (C=O) groups is 1.